The minimum atomic E-state index is -0.162. The fourth-order valence-corrected chi connectivity index (χ4v) is 8.51. The first-order valence-electron chi connectivity index (χ1n) is 11.5. The lowest BCUT2D eigenvalue weighted by Crippen LogP contribution is -2.56. The summed E-state index contributed by atoms with van der Waals surface area (Å²) in [6.45, 7) is 7.18. The van der Waals surface area contributed by atoms with Crippen LogP contribution in [0.25, 0.3) is 0 Å². The number of rotatable bonds is 3. The number of nitrogens with two attached hydrogens (primary N) is 1. The molecule has 4 aliphatic rings. The Morgan fingerprint density at radius 3 is 2.43 bits per heavy atom. The maximum atomic E-state index is 11.7. The number of hydrogen-bond acceptors (Lipinski definition) is 3. The van der Waals surface area contributed by atoms with Crippen molar-refractivity contribution in [3.63, 3.8) is 0 Å². The van der Waals surface area contributed by atoms with E-state index in [1.807, 2.05) is 6.92 Å². The summed E-state index contributed by atoms with van der Waals surface area (Å²) in [5.41, 5.74) is 6.29. The van der Waals surface area contributed by atoms with Crippen molar-refractivity contribution >= 4 is 18.3 Å². The normalized spacial score (nSPS) is 48.5. The first-order chi connectivity index (χ1) is 12.8. The predicted octanol–water partition coefficient (Wildman–Crippen LogP) is 3.89. The summed E-state index contributed by atoms with van der Waals surface area (Å²) in [6.07, 6.45) is 11.2. The van der Waals surface area contributed by atoms with Gasteiger partial charge in [0.2, 0.25) is 5.91 Å². The third kappa shape index (κ3) is 3.41. The topological polar surface area (TPSA) is 75.3 Å². The van der Waals surface area contributed by atoms with Crippen LogP contribution in [0.2, 0.25) is 0 Å². The van der Waals surface area contributed by atoms with Crippen molar-refractivity contribution in [2.75, 3.05) is 6.54 Å². The van der Waals surface area contributed by atoms with E-state index in [1.54, 1.807) is 0 Å². The number of nitrogens with one attached hydrogen (secondary N) is 1. The molecule has 4 rings (SSSR count). The number of amides is 1. The molecular weight excluding hydrogens is 372 g/mol. The van der Waals surface area contributed by atoms with Crippen molar-refractivity contribution < 1.29 is 9.90 Å². The lowest BCUT2D eigenvalue weighted by molar-refractivity contribution is -0.128. The Balaban J connectivity index is 0.00000225. The molecule has 2 unspecified atom stereocenters. The summed E-state index contributed by atoms with van der Waals surface area (Å²) in [7, 11) is 0. The molecule has 0 spiro atoms. The van der Waals surface area contributed by atoms with E-state index in [1.165, 1.54) is 44.9 Å². The van der Waals surface area contributed by atoms with Crippen molar-refractivity contribution in [2.24, 2.45) is 46.2 Å². The van der Waals surface area contributed by atoms with Gasteiger partial charge in [-0.15, -0.1) is 12.4 Å². The van der Waals surface area contributed by atoms with Gasteiger partial charge in [-0.3, -0.25) is 4.79 Å². The van der Waals surface area contributed by atoms with E-state index in [9.17, 15) is 9.90 Å². The van der Waals surface area contributed by atoms with Crippen LogP contribution in [-0.2, 0) is 4.79 Å². The van der Waals surface area contributed by atoms with Gasteiger partial charge in [-0.1, -0.05) is 13.8 Å². The molecule has 1 amide bonds. The van der Waals surface area contributed by atoms with Gasteiger partial charge in [-0.2, -0.15) is 0 Å². The van der Waals surface area contributed by atoms with Gasteiger partial charge in [0, 0.05) is 6.04 Å². The second kappa shape index (κ2) is 8.07. The lowest BCUT2D eigenvalue weighted by atomic mass is 9.44. The number of aliphatic hydroxyl groups is 1. The summed E-state index contributed by atoms with van der Waals surface area (Å²) in [5, 5.41) is 13.5. The van der Waals surface area contributed by atoms with Gasteiger partial charge >= 0.3 is 0 Å². The number of halogens is 1. The van der Waals surface area contributed by atoms with Crippen LogP contribution in [-0.4, -0.2) is 29.7 Å². The minimum Gasteiger partial charge on any atom is -0.393 e. The molecule has 4 N–H and O–H groups in total. The quantitative estimate of drug-likeness (QED) is 0.658. The average molecular weight is 413 g/mol. The van der Waals surface area contributed by atoms with Crippen LogP contribution in [0.5, 0.6) is 0 Å². The average Bonchev–Trinajstić information content (AvgIpc) is 2.99. The molecule has 0 aromatic carbocycles. The number of hydrogen-bond donors (Lipinski definition) is 3. The van der Waals surface area contributed by atoms with Gasteiger partial charge in [0.1, 0.15) is 0 Å². The van der Waals surface area contributed by atoms with E-state index in [4.69, 9.17) is 5.73 Å². The maximum absolute atomic E-state index is 11.7. The Morgan fingerprint density at radius 1 is 1.07 bits per heavy atom. The van der Waals surface area contributed by atoms with Gasteiger partial charge in [0.25, 0.3) is 0 Å². The molecule has 0 saturated heterocycles. The molecule has 0 aliphatic heterocycles. The van der Waals surface area contributed by atoms with E-state index in [-0.39, 0.29) is 31.0 Å². The van der Waals surface area contributed by atoms with Crippen LogP contribution < -0.4 is 11.1 Å². The summed E-state index contributed by atoms with van der Waals surface area (Å²) in [5.74, 6) is 3.74. The number of aliphatic hydroxyl groups excluding tert-OH is 1. The summed E-state index contributed by atoms with van der Waals surface area (Å²) >= 11 is 0. The second-order valence-electron chi connectivity index (χ2n) is 10.9. The standard InChI is InChI=1S/C23H40N2O2.ClH/c1-14(26)18-6-7-19-17-5-4-15-12-16(25-21(27)13-24)8-10-22(15,2)20(17)9-11-23(18,19)3;/h14-20,26H,4-13,24H2,1-3H3,(H,25,27);1H/t14-,15?,16?,17-,18+,19-,20-,22-,23+;/m0./s1. The Hall–Kier alpha value is -0.320. The monoisotopic (exact) mass is 412 g/mol. The number of carbonyl (C=O) groups is 1. The van der Waals surface area contributed by atoms with Crippen molar-refractivity contribution in [1.82, 2.24) is 5.32 Å². The van der Waals surface area contributed by atoms with Gasteiger partial charge in [0.15, 0.2) is 0 Å². The summed E-state index contributed by atoms with van der Waals surface area (Å²) in [4.78, 5) is 11.7. The van der Waals surface area contributed by atoms with Crippen LogP contribution >= 0.6 is 12.4 Å². The van der Waals surface area contributed by atoms with E-state index >= 15 is 0 Å². The molecule has 0 aromatic heterocycles. The minimum absolute atomic E-state index is 0. The summed E-state index contributed by atoms with van der Waals surface area (Å²) < 4.78 is 0. The first kappa shape index (κ1) is 22.4. The number of carbonyl (C=O) groups excluding carboxylic acids is 1. The third-order valence-corrected chi connectivity index (χ3v) is 9.87. The molecule has 162 valence electrons. The van der Waals surface area contributed by atoms with E-state index < -0.39 is 0 Å². The molecule has 5 heteroatoms. The van der Waals surface area contributed by atoms with Crippen molar-refractivity contribution in [1.29, 1.82) is 0 Å². The fraction of sp³-hybridized carbons (Fsp3) is 0.957. The molecular formula is C23H41ClN2O2. The number of fused-ring (bicyclic) bond motifs is 5. The van der Waals surface area contributed by atoms with Crippen molar-refractivity contribution in [3.8, 4) is 0 Å². The highest BCUT2D eigenvalue weighted by Crippen LogP contribution is 2.67. The molecule has 0 aromatic rings. The first-order valence-corrected chi connectivity index (χ1v) is 11.5. The zero-order chi connectivity index (χ0) is 19.4. The smallest absolute Gasteiger partial charge is 0.233 e. The maximum Gasteiger partial charge on any atom is 0.233 e. The van der Waals surface area contributed by atoms with Gasteiger partial charge in [0.05, 0.1) is 12.6 Å². The molecule has 0 radical (unpaired) electrons. The fourth-order valence-electron chi connectivity index (χ4n) is 8.51. The van der Waals surface area contributed by atoms with Crippen LogP contribution in [0.1, 0.15) is 78.6 Å². The van der Waals surface area contributed by atoms with E-state index in [2.05, 4.69) is 19.2 Å². The molecule has 4 fully saturated rings. The van der Waals surface area contributed by atoms with Crippen LogP contribution in [0.15, 0.2) is 0 Å². The Labute approximate surface area is 177 Å². The van der Waals surface area contributed by atoms with Crippen molar-refractivity contribution in [3.05, 3.63) is 0 Å². The molecule has 0 bridgehead atoms. The Bertz CT molecular complexity index is 585. The van der Waals surface area contributed by atoms with Crippen LogP contribution in [0.3, 0.4) is 0 Å². The molecule has 4 aliphatic carbocycles. The predicted molar refractivity (Wildman–Crippen MR) is 115 cm³/mol. The molecule has 4 nitrogen and oxygen atoms in total. The van der Waals surface area contributed by atoms with Gasteiger partial charge in [-0.05, 0) is 105 Å². The SMILES string of the molecule is C[C@H](O)[C@H]1CC[C@H]2[C@@H]3CCC4CC(NC(=O)CN)CC[C@]4(C)[C@H]3CC[C@]12C.Cl. The highest BCUT2D eigenvalue weighted by molar-refractivity contribution is 5.85. The zero-order valence-corrected chi connectivity index (χ0v) is 18.8. The van der Waals surface area contributed by atoms with Crippen LogP contribution in [0, 0.1) is 40.4 Å². The molecule has 9 atom stereocenters. The zero-order valence-electron chi connectivity index (χ0n) is 18.0. The molecule has 4 saturated carbocycles. The molecule has 28 heavy (non-hydrogen) atoms. The van der Waals surface area contributed by atoms with Gasteiger partial charge in [-0.25, -0.2) is 0 Å². The van der Waals surface area contributed by atoms with Crippen molar-refractivity contribution in [2.45, 2.75) is 90.7 Å². The van der Waals surface area contributed by atoms with Crippen LogP contribution in [0.4, 0.5) is 0 Å². The molecule has 0 heterocycles. The van der Waals surface area contributed by atoms with E-state index in [0.29, 0.717) is 22.8 Å². The highest BCUT2D eigenvalue weighted by atomic mass is 35.5. The Kier molecular flexibility index (Phi) is 6.45. The van der Waals surface area contributed by atoms with E-state index in [0.717, 1.165) is 36.5 Å². The van der Waals surface area contributed by atoms with Gasteiger partial charge < -0.3 is 16.2 Å². The lowest BCUT2D eigenvalue weighted by Gasteiger charge is -2.61. The Morgan fingerprint density at radius 2 is 1.75 bits per heavy atom. The third-order valence-electron chi connectivity index (χ3n) is 9.87. The summed E-state index contributed by atoms with van der Waals surface area (Å²) in [6, 6.07) is 0.329. The second-order valence-corrected chi connectivity index (χ2v) is 10.9. The highest BCUT2D eigenvalue weighted by Gasteiger charge is 2.60. The largest absolute Gasteiger partial charge is 0.393 e.